The molecule has 1 amide bonds. The van der Waals surface area contributed by atoms with Gasteiger partial charge in [0.1, 0.15) is 5.75 Å². The first kappa shape index (κ1) is 14.5. The van der Waals surface area contributed by atoms with Crippen LogP contribution in [0.1, 0.15) is 29.2 Å². The molecule has 5 heteroatoms. The molecule has 0 radical (unpaired) electrons. The van der Waals surface area contributed by atoms with Crippen LogP contribution in [-0.2, 0) is 4.79 Å². The Kier molecular flexibility index (Phi) is 4.69. The van der Waals surface area contributed by atoms with Crippen LogP contribution in [0.4, 0.5) is 0 Å². The molecule has 1 atom stereocenters. The summed E-state index contributed by atoms with van der Waals surface area (Å²) in [6.07, 6.45) is 0.159. The fraction of sp³-hybridized carbons (Fsp3) is 0.462. The monoisotopic (exact) mass is 251 g/mol. The largest absolute Gasteiger partial charge is 0.496 e. The number of rotatable bonds is 4. The molecule has 0 saturated heterocycles. The molecule has 1 unspecified atom stereocenters. The van der Waals surface area contributed by atoms with E-state index in [1.54, 1.807) is 7.11 Å². The van der Waals surface area contributed by atoms with Gasteiger partial charge in [-0.2, -0.15) is 0 Å². The van der Waals surface area contributed by atoms with Gasteiger partial charge in [0.05, 0.1) is 7.11 Å². The second kappa shape index (κ2) is 5.84. The standard InChI is InChI=1S/C13H21N3O2/c1-8-5-9(2)13(18-4)10(6-8)11(14)7-12(17)16(3)15/h5-6,11H,7,14-15H2,1-4H3. The summed E-state index contributed by atoms with van der Waals surface area (Å²) in [4.78, 5) is 11.6. The summed E-state index contributed by atoms with van der Waals surface area (Å²) >= 11 is 0. The lowest BCUT2D eigenvalue weighted by atomic mass is 9.98. The van der Waals surface area contributed by atoms with Crippen LogP contribution in [-0.4, -0.2) is 25.1 Å². The van der Waals surface area contributed by atoms with Crippen LogP contribution in [0.15, 0.2) is 12.1 Å². The third-order valence-electron chi connectivity index (χ3n) is 2.84. The fourth-order valence-electron chi connectivity index (χ4n) is 1.98. The highest BCUT2D eigenvalue weighted by Gasteiger charge is 2.18. The molecule has 0 aliphatic carbocycles. The summed E-state index contributed by atoms with van der Waals surface area (Å²) in [6, 6.07) is 3.55. The number of methoxy groups -OCH3 is 1. The summed E-state index contributed by atoms with van der Waals surface area (Å²) in [5.41, 5.74) is 9.00. The average Bonchev–Trinajstić information content (AvgIpc) is 2.27. The lowest BCUT2D eigenvalue weighted by Gasteiger charge is -2.19. The Hall–Kier alpha value is -1.59. The predicted octanol–water partition coefficient (Wildman–Crippen LogP) is 1.03. The molecular formula is C13H21N3O2. The van der Waals surface area contributed by atoms with E-state index in [1.165, 1.54) is 7.05 Å². The number of nitrogens with zero attached hydrogens (tertiary/aromatic N) is 1. The SMILES string of the molecule is COc1c(C)cc(C)cc1C(N)CC(=O)N(C)N. The molecule has 4 N–H and O–H groups in total. The minimum Gasteiger partial charge on any atom is -0.496 e. The van der Waals surface area contributed by atoms with Gasteiger partial charge in [-0.15, -0.1) is 0 Å². The summed E-state index contributed by atoms with van der Waals surface area (Å²) in [6.45, 7) is 3.94. The van der Waals surface area contributed by atoms with E-state index in [0.717, 1.165) is 27.4 Å². The van der Waals surface area contributed by atoms with Crippen molar-refractivity contribution < 1.29 is 9.53 Å². The van der Waals surface area contributed by atoms with Crippen LogP contribution < -0.4 is 16.3 Å². The third-order valence-corrected chi connectivity index (χ3v) is 2.84. The number of hydrazine groups is 1. The number of nitrogens with two attached hydrogens (primary N) is 2. The van der Waals surface area contributed by atoms with Gasteiger partial charge in [0.15, 0.2) is 0 Å². The zero-order chi connectivity index (χ0) is 13.9. The molecule has 0 bridgehead atoms. The van der Waals surface area contributed by atoms with Gasteiger partial charge in [0.25, 0.3) is 0 Å². The number of benzene rings is 1. The van der Waals surface area contributed by atoms with E-state index < -0.39 is 6.04 Å². The number of ether oxygens (including phenoxy) is 1. The summed E-state index contributed by atoms with van der Waals surface area (Å²) in [5.74, 6) is 5.92. The highest BCUT2D eigenvalue weighted by atomic mass is 16.5. The second-order valence-corrected chi connectivity index (χ2v) is 4.52. The molecule has 1 aromatic rings. The maximum atomic E-state index is 11.6. The van der Waals surface area contributed by atoms with Crippen molar-refractivity contribution in [2.24, 2.45) is 11.6 Å². The molecule has 1 rings (SSSR count). The van der Waals surface area contributed by atoms with Crippen molar-refractivity contribution in [1.82, 2.24) is 5.01 Å². The van der Waals surface area contributed by atoms with E-state index in [9.17, 15) is 4.79 Å². The Bertz CT molecular complexity index is 444. The third kappa shape index (κ3) is 3.21. The first-order chi connectivity index (χ1) is 8.36. The van der Waals surface area contributed by atoms with Crippen molar-refractivity contribution >= 4 is 5.91 Å². The van der Waals surface area contributed by atoms with Gasteiger partial charge in [-0.05, 0) is 19.4 Å². The van der Waals surface area contributed by atoms with Crippen molar-refractivity contribution in [2.75, 3.05) is 14.2 Å². The Balaban J connectivity index is 3.04. The smallest absolute Gasteiger partial charge is 0.238 e. The summed E-state index contributed by atoms with van der Waals surface area (Å²) in [7, 11) is 3.11. The van der Waals surface area contributed by atoms with Gasteiger partial charge in [-0.1, -0.05) is 17.7 Å². The molecule has 0 heterocycles. The number of carbonyl (C=O) groups excluding carboxylic acids is 1. The van der Waals surface area contributed by atoms with Crippen LogP contribution in [0.2, 0.25) is 0 Å². The zero-order valence-electron chi connectivity index (χ0n) is 11.4. The first-order valence-electron chi connectivity index (χ1n) is 5.78. The van der Waals surface area contributed by atoms with Crippen LogP contribution in [0.3, 0.4) is 0 Å². The Morgan fingerprint density at radius 2 is 2.06 bits per heavy atom. The summed E-state index contributed by atoms with van der Waals surface area (Å²) < 4.78 is 5.36. The van der Waals surface area contributed by atoms with Crippen LogP contribution in [0.25, 0.3) is 0 Å². The van der Waals surface area contributed by atoms with Gasteiger partial charge < -0.3 is 10.5 Å². The fourth-order valence-corrected chi connectivity index (χ4v) is 1.98. The number of hydrogen-bond donors (Lipinski definition) is 2. The van der Waals surface area contributed by atoms with E-state index in [0.29, 0.717) is 0 Å². The molecule has 0 aliphatic heterocycles. The molecule has 0 aliphatic rings. The Morgan fingerprint density at radius 1 is 1.44 bits per heavy atom. The molecule has 0 fully saturated rings. The maximum Gasteiger partial charge on any atom is 0.238 e. The number of amides is 1. The van der Waals surface area contributed by atoms with Crippen molar-refractivity contribution in [3.8, 4) is 5.75 Å². The lowest BCUT2D eigenvalue weighted by molar-refractivity contribution is -0.130. The van der Waals surface area contributed by atoms with Crippen LogP contribution in [0, 0.1) is 13.8 Å². The molecular weight excluding hydrogens is 230 g/mol. The molecule has 18 heavy (non-hydrogen) atoms. The van der Waals surface area contributed by atoms with Crippen molar-refractivity contribution in [3.63, 3.8) is 0 Å². The Morgan fingerprint density at radius 3 is 2.56 bits per heavy atom. The van der Waals surface area contributed by atoms with Gasteiger partial charge >= 0.3 is 0 Å². The van der Waals surface area contributed by atoms with Crippen LogP contribution in [0.5, 0.6) is 5.75 Å². The number of carbonyl (C=O) groups is 1. The molecule has 0 spiro atoms. The molecule has 1 aromatic carbocycles. The highest BCUT2D eigenvalue weighted by molar-refractivity contribution is 5.76. The van der Waals surface area contributed by atoms with E-state index in [4.69, 9.17) is 16.3 Å². The average molecular weight is 251 g/mol. The first-order valence-corrected chi connectivity index (χ1v) is 5.78. The number of hydrogen-bond acceptors (Lipinski definition) is 4. The normalized spacial score (nSPS) is 12.1. The number of aryl methyl sites for hydroxylation is 2. The second-order valence-electron chi connectivity index (χ2n) is 4.52. The van der Waals surface area contributed by atoms with E-state index in [1.807, 2.05) is 26.0 Å². The van der Waals surface area contributed by atoms with E-state index in [2.05, 4.69) is 0 Å². The maximum absolute atomic E-state index is 11.6. The Labute approximate surface area is 108 Å². The van der Waals surface area contributed by atoms with Gasteiger partial charge in [0, 0.05) is 25.1 Å². The highest BCUT2D eigenvalue weighted by Crippen LogP contribution is 2.30. The molecule has 5 nitrogen and oxygen atoms in total. The van der Waals surface area contributed by atoms with Gasteiger partial charge in [-0.3, -0.25) is 9.80 Å². The quantitative estimate of drug-likeness (QED) is 0.476. The topological polar surface area (TPSA) is 81.6 Å². The van der Waals surface area contributed by atoms with Gasteiger partial charge in [-0.25, -0.2) is 5.84 Å². The molecule has 100 valence electrons. The van der Waals surface area contributed by atoms with Crippen LogP contribution >= 0.6 is 0 Å². The summed E-state index contributed by atoms with van der Waals surface area (Å²) in [5, 5.41) is 1.05. The van der Waals surface area contributed by atoms with Crippen molar-refractivity contribution in [1.29, 1.82) is 0 Å². The minimum atomic E-state index is -0.419. The van der Waals surface area contributed by atoms with Crippen molar-refractivity contribution in [2.45, 2.75) is 26.3 Å². The lowest BCUT2D eigenvalue weighted by Crippen LogP contribution is -2.35. The zero-order valence-corrected chi connectivity index (χ0v) is 11.4. The van der Waals surface area contributed by atoms with E-state index >= 15 is 0 Å². The molecule has 0 aromatic heterocycles. The van der Waals surface area contributed by atoms with Crippen molar-refractivity contribution in [3.05, 3.63) is 28.8 Å². The predicted molar refractivity (Wildman–Crippen MR) is 71.0 cm³/mol. The molecule has 0 saturated carbocycles. The van der Waals surface area contributed by atoms with Gasteiger partial charge in [0.2, 0.25) is 5.91 Å². The minimum absolute atomic E-state index is 0.159. The van der Waals surface area contributed by atoms with E-state index in [-0.39, 0.29) is 12.3 Å².